The predicted molar refractivity (Wildman–Crippen MR) is 121 cm³/mol. The van der Waals surface area contributed by atoms with Crippen LogP contribution >= 0.6 is 11.8 Å². The molecule has 1 aliphatic heterocycles. The van der Waals surface area contributed by atoms with Gasteiger partial charge in [-0.15, -0.1) is 0 Å². The number of nitrogens with zero attached hydrogens (tertiary/aromatic N) is 4. The molecule has 2 aromatic heterocycles. The fourth-order valence-electron chi connectivity index (χ4n) is 3.57. The van der Waals surface area contributed by atoms with E-state index >= 15 is 0 Å². The first-order valence-electron chi connectivity index (χ1n) is 10.5. The van der Waals surface area contributed by atoms with Gasteiger partial charge in [-0.3, -0.25) is 9.36 Å². The highest BCUT2D eigenvalue weighted by Crippen LogP contribution is 2.35. The molecule has 8 nitrogen and oxygen atoms in total. The number of benzene rings is 2. The van der Waals surface area contributed by atoms with E-state index in [9.17, 15) is 4.79 Å². The minimum atomic E-state index is -0.0973. The van der Waals surface area contributed by atoms with Crippen LogP contribution in [0.2, 0.25) is 0 Å². The summed E-state index contributed by atoms with van der Waals surface area (Å²) in [6.45, 7) is 4.86. The number of aryl methyl sites for hydroxylation is 1. The Kier molecular flexibility index (Phi) is 5.57. The molecule has 164 valence electrons. The van der Waals surface area contributed by atoms with Gasteiger partial charge in [0.25, 0.3) is 5.56 Å². The summed E-state index contributed by atoms with van der Waals surface area (Å²) in [5, 5.41) is 5.22. The highest BCUT2D eigenvalue weighted by atomic mass is 32.2. The summed E-state index contributed by atoms with van der Waals surface area (Å²) in [5.74, 6) is 2.61. The van der Waals surface area contributed by atoms with Gasteiger partial charge in [0.15, 0.2) is 16.7 Å². The first kappa shape index (κ1) is 20.6. The second-order valence-corrected chi connectivity index (χ2v) is 8.37. The minimum Gasteiger partial charge on any atom is -0.454 e. The maximum Gasteiger partial charge on any atom is 0.262 e. The van der Waals surface area contributed by atoms with Gasteiger partial charge in [-0.1, -0.05) is 55.0 Å². The summed E-state index contributed by atoms with van der Waals surface area (Å²) < 4.78 is 18.0. The number of fused-ring (bicyclic) bond motifs is 2. The molecule has 0 bridgehead atoms. The zero-order chi connectivity index (χ0) is 22.1. The molecule has 0 unspecified atom stereocenters. The lowest BCUT2D eigenvalue weighted by Crippen LogP contribution is -2.23. The Morgan fingerprint density at radius 1 is 1.06 bits per heavy atom. The first-order valence-corrected chi connectivity index (χ1v) is 11.5. The van der Waals surface area contributed by atoms with Crippen LogP contribution in [0.3, 0.4) is 0 Å². The molecule has 0 amide bonds. The van der Waals surface area contributed by atoms with Crippen molar-refractivity contribution in [2.75, 3.05) is 6.79 Å². The molecule has 2 aromatic carbocycles. The van der Waals surface area contributed by atoms with Gasteiger partial charge >= 0.3 is 0 Å². The standard InChI is InChI=1S/C23H22N4O4S/c1-3-9-27-22(28)16-10-18-19(30-13-29-18)11-17(16)24-23(27)32-12-20-25-21(26-31-20)15-7-5-14(4-2)6-8-15/h5-8,10-11H,3-4,9,12-13H2,1-2H3. The molecule has 0 N–H and O–H groups in total. The van der Waals surface area contributed by atoms with Crippen molar-refractivity contribution < 1.29 is 14.0 Å². The number of aromatic nitrogens is 4. The van der Waals surface area contributed by atoms with E-state index in [4.69, 9.17) is 19.0 Å². The first-order chi connectivity index (χ1) is 15.7. The number of hydrogen-bond donors (Lipinski definition) is 0. The van der Waals surface area contributed by atoms with Crippen molar-refractivity contribution >= 4 is 22.7 Å². The average molecular weight is 451 g/mol. The smallest absolute Gasteiger partial charge is 0.262 e. The summed E-state index contributed by atoms with van der Waals surface area (Å²) in [5.41, 5.74) is 2.65. The molecule has 0 fully saturated rings. The lowest BCUT2D eigenvalue weighted by atomic mass is 10.1. The Labute approximate surface area is 188 Å². The van der Waals surface area contributed by atoms with Crippen molar-refractivity contribution in [1.82, 2.24) is 19.7 Å². The molecular weight excluding hydrogens is 428 g/mol. The third kappa shape index (κ3) is 3.84. The van der Waals surface area contributed by atoms with Crippen molar-refractivity contribution in [3.63, 3.8) is 0 Å². The summed E-state index contributed by atoms with van der Waals surface area (Å²) in [7, 11) is 0. The molecule has 9 heteroatoms. The van der Waals surface area contributed by atoms with Crippen LogP contribution in [0, 0.1) is 0 Å². The second-order valence-electron chi connectivity index (χ2n) is 7.42. The fourth-order valence-corrected chi connectivity index (χ4v) is 4.43. The Hall–Kier alpha value is -3.33. The molecule has 32 heavy (non-hydrogen) atoms. The Bertz CT molecular complexity index is 1330. The lowest BCUT2D eigenvalue weighted by Gasteiger charge is -2.12. The highest BCUT2D eigenvalue weighted by Gasteiger charge is 2.19. The van der Waals surface area contributed by atoms with E-state index in [2.05, 4.69) is 29.2 Å². The number of thioether (sulfide) groups is 1. The van der Waals surface area contributed by atoms with Gasteiger partial charge in [0.05, 0.1) is 16.7 Å². The van der Waals surface area contributed by atoms with Crippen LogP contribution in [0.25, 0.3) is 22.3 Å². The van der Waals surface area contributed by atoms with Gasteiger partial charge in [0, 0.05) is 18.2 Å². The van der Waals surface area contributed by atoms with E-state index in [1.54, 1.807) is 16.7 Å². The van der Waals surface area contributed by atoms with Crippen LogP contribution in [0.15, 0.2) is 50.9 Å². The van der Waals surface area contributed by atoms with Crippen LogP contribution in [-0.2, 0) is 18.7 Å². The van der Waals surface area contributed by atoms with Crippen molar-refractivity contribution in [1.29, 1.82) is 0 Å². The number of hydrogen-bond acceptors (Lipinski definition) is 8. The maximum atomic E-state index is 13.2. The normalized spacial score (nSPS) is 12.6. The van der Waals surface area contributed by atoms with Crippen LogP contribution in [0.4, 0.5) is 0 Å². The number of rotatable bonds is 7. The zero-order valence-electron chi connectivity index (χ0n) is 17.8. The lowest BCUT2D eigenvalue weighted by molar-refractivity contribution is 0.174. The van der Waals surface area contributed by atoms with Crippen molar-refractivity contribution in [3.05, 3.63) is 58.2 Å². The SMILES string of the molecule is CCCn1c(SCc2nc(-c3ccc(CC)cc3)no2)nc2cc3c(cc2c1=O)OCO3. The third-order valence-corrected chi connectivity index (χ3v) is 6.24. The Morgan fingerprint density at radius 2 is 1.84 bits per heavy atom. The summed E-state index contributed by atoms with van der Waals surface area (Å²) >= 11 is 1.40. The van der Waals surface area contributed by atoms with Crippen molar-refractivity contribution in [3.8, 4) is 22.9 Å². The summed E-state index contributed by atoms with van der Waals surface area (Å²) in [4.78, 5) is 22.4. The largest absolute Gasteiger partial charge is 0.454 e. The monoisotopic (exact) mass is 450 g/mol. The fraction of sp³-hybridized carbons (Fsp3) is 0.304. The van der Waals surface area contributed by atoms with Gasteiger partial charge < -0.3 is 14.0 Å². The molecule has 0 saturated heterocycles. The quantitative estimate of drug-likeness (QED) is 0.301. The average Bonchev–Trinajstić information content (AvgIpc) is 3.48. The van der Waals surface area contributed by atoms with Gasteiger partial charge in [-0.25, -0.2) is 4.98 Å². The molecule has 0 spiro atoms. The molecule has 5 rings (SSSR count). The predicted octanol–water partition coefficient (Wildman–Crippen LogP) is 4.44. The molecule has 3 heterocycles. The summed E-state index contributed by atoms with van der Waals surface area (Å²) in [6, 6.07) is 11.6. The van der Waals surface area contributed by atoms with Crippen molar-refractivity contribution in [2.45, 2.75) is 44.1 Å². The number of ether oxygens (including phenoxy) is 2. The van der Waals surface area contributed by atoms with E-state index in [1.165, 1.54) is 17.3 Å². The van der Waals surface area contributed by atoms with E-state index in [1.807, 2.05) is 19.1 Å². The molecule has 1 aliphatic rings. The Balaban J connectivity index is 1.42. The van der Waals surface area contributed by atoms with E-state index < -0.39 is 0 Å². The van der Waals surface area contributed by atoms with Crippen molar-refractivity contribution in [2.24, 2.45) is 0 Å². The van der Waals surface area contributed by atoms with Gasteiger partial charge in [0.2, 0.25) is 18.5 Å². The van der Waals surface area contributed by atoms with Crippen LogP contribution in [0.5, 0.6) is 11.5 Å². The molecular formula is C23H22N4O4S. The van der Waals surface area contributed by atoms with Crippen LogP contribution < -0.4 is 15.0 Å². The van der Waals surface area contributed by atoms with Crippen LogP contribution in [-0.4, -0.2) is 26.5 Å². The molecule has 4 aromatic rings. The van der Waals surface area contributed by atoms with Crippen LogP contribution in [0.1, 0.15) is 31.7 Å². The molecule has 0 atom stereocenters. The maximum absolute atomic E-state index is 13.2. The van der Waals surface area contributed by atoms with E-state index in [0.717, 1.165) is 18.4 Å². The minimum absolute atomic E-state index is 0.0973. The Morgan fingerprint density at radius 3 is 2.59 bits per heavy atom. The van der Waals surface area contributed by atoms with Gasteiger partial charge in [-0.2, -0.15) is 4.98 Å². The second kappa shape index (κ2) is 8.66. The van der Waals surface area contributed by atoms with Gasteiger partial charge in [-0.05, 0) is 24.5 Å². The molecule has 0 radical (unpaired) electrons. The topological polar surface area (TPSA) is 92.3 Å². The molecule has 0 aliphatic carbocycles. The third-order valence-electron chi connectivity index (χ3n) is 5.27. The highest BCUT2D eigenvalue weighted by molar-refractivity contribution is 7.98. The van der Waals surface area contributed by atoms with E-state index in [0.29, 0.717) is 51.6 Å². The zero-order valence-corrected chi connectivity index (χ0v) is 18.6. The van der Waals surface area contributed by atoms with E-state index in [-0.39, 0.29) is 12.4 Å². The summed E-state index contributed by atoms with van der Waals surface area (Å²) in [6.07, 6.45) is 1.79. The molecule has 0 saturated carbocycles. The van der Waals surface area contributed by atoms with Gasteiger partial charge in [0.1, 0.15) is 0 Å².